The molecule has 1 atom stereocenters. The maximum atomic E-state index is 8.78. The first-order chi connectivity index (χ1) is 10.3. The van der Waals surface area contributed by atoms with E-state index in [-0.39, 0.29) is 6.10 Å². The molecule has 21 heavy (non-hydrogen) atoms. The van der Waals surface area contributed by atoms with E-state index in [2.05, 4.69) is 23.1 Å². The van der Waals surface area contributed by atoms with Gasteiger partial charge in [-0.1, -0.05) is 30.6 Å². The lowest BCUT2D eigenvalue weighted by Crippen LogP contribution is -2.06. The maximum Gasteiger partial charge on any atom is 0.231 e. The van der Waals surface area contributed by atoms with Gasteiger partial charge in [-0.2, -0.15) is 10.2 Å². The van der Waals surface area contributed by atoms with Crippen molar-refractivity contribution in [2.24, 2.45) is 0 Å². The largest absolute Gasteiger partial charge is 0.370 e. The highest BCUT2D eigenvalue weighted by Crippen LogP contribution is 2.20. The third-order valence-corrected chi connectivity index (χ3v) is 3.13. The fourth-order valence-electron chi connectivity index (χ4n) is 2.09. The van der Waals surface area contributed by atoms with Gasteiger partial charge in [-0.3, -0.25) is 0 Å². The number of hydrogen-bond donors (Lipinski definition) is 0. The summed E-state index contributed by atoms with van der Waals surface area (Å²) >= 11 is 0. The van der Waals surface area contributed by atoms with Crippen LogP contribution in [0.2, 0.25) is 0 Å². The number of aromatic nitrogens is 2. The molecule has 1 aromatic carbocycles. The molecule has 0 radical (unpaired) electrons. The van der Waals surface area contributed by atoms with Crippen molar-refractivity contribution in [1.29, 1.82) is 5.26 Å². The molecule has 0 aliphatic heterocycles. The lowest BCUT2D eigenvalue weighted by Gasteiger charge is -2.11. The number of ether oxygens (including phenoxy) is 1. The molecule has 0 bridgehead atoms. The van der Waals surface area contributed by atoms with E-state index in [4.69, 9.17) is 14.5 Å². The van der Waals surface area contributed by atoms with Gasteiger partial charge >= 0.3 is 0 Å². The molecule has 0 aliphatic carbocycles. The average molecular weight is 285 g/mol. The highest BCUT2D eigenvalue weighted by Gasteiger charge is 2.17. The number of nitriles is 1. The Morgan fingerprint density at radius 1 is 1.29 bits per heavy atom. The van der Waals surface area contributed by atoms with Crippen molar-refractivity contribution in [2.75, 3.05) is 6.61 Å². The summed E-state index contributed by atoms with van der Waals surface area (Å²) in [5.74, 6) is 1.18. The lowest BCUT2D eigenvalue weighted by molar-refractivity contribution is 0.0478. The van der Waals surface area contributed by atoms with Gasteiger partial charge < -0.3 is 9.26 Å². The van der Waals surface area contributed by atoms with Gasteiger partial charge in [0, 0.05) is 6.61 Å². The quantitative estimate of drug-likeness (QED) is 0.779. The molecule has 0 N–H and O–H groups in total. The molecule has 2 rings (SSSR count). The molecule has 0 amide bonds. The highest BCUT2D eigenvalue weighted by atomic mass is 16.5. The van der Waals surface area contributed by atoms with Crippen molar-refractivity contribution in [3.63, 3.8) is 0 Å². The van der Waals surface area contributed by atoms with Crippen LogP contribution < -0.4 is 0 Å². The van der Waals surface area contributed by atoms with Crippen LogP contribution in [0, 0.1) is 11.3 Å². The monoisotopic (exact) mass is 285 g/mol. The van der Waals surface area contributed by atoms with Gasteiger partial charge in [-0.25, -0.2) is 0 Å². The van der Waals surface area contributed by atoms with Crippen molar-refractivity contribution < 1.29 is 9.26 Å². The smallest absolute Gasteiger partial charge is 0.231 e. The third-order valence-electron chi connectivity index (χ3n) is 3.13. The predicted molar refractivity (Wildman–Crippen MR) is 77.5 cm³/mol. The van der Waals surface area contributed by atoms with Crippen LogP contribution in [0.15, 0.2) is 28.8 Å². The first-order valence-electron chi connectivity index (χ1n) is 7.20. The second kappa shape index (κ2) is 7.55. The zero-order chi connectivity index (χ0) is 15.1. The van der Waals surface area contributed by atoms with E-state index in [1.54, 1.807) is 12.1 Å². The summed E-state index contributed by atoms with van der Waals surface area (Å²) in [6, 6.07) is 9.46. The van der Waals surface area contributed by atoms with Crippen LogP contribution in [0.5, 0.6) is 0 Å². The molecular formula is C16H19N3O2. The van der Waals surface area contributed by atoms with E-state index in [1.165, 1.54) is 0 Å². The number of rotatable bonds is 7. The Bertz CT molecular complexity index is 593. The van der Waals surface area contributed by atoms with Crippen molar-refractivity contribution in [2.45, 2.75) is 39.2 Å². The van der Waals surface area contributed by atoms with Crippen LogP contribution in [-0.4, -0.2) is 16.7 Å². The Kier molecular flexibility index (Phi) is 5.47. The standard InChI is InChI=1S/C16H19N3O2/c1-3-5-14(20-4-2)16-18-15(21-19-16)10-12-6-8-13(11-17)9-7-12/h6-9,14H,3-5,10H2,1-2H3. The molecule has 0 aliphatic rings. The summed E-state index contributed by atoms with van der Waals surface area (Å²) in [5.41, 5.74) is 1.68. The van der Waals surface area contributed by atoms with Gasteiger partial charge in [0.1, 0.15) is 6.10 Å². The number of hydrogen-bond acceptors (Lipinski definition) is 5. The second-order valence-corrected chi connectivity index (χ2v) is 4.76. The zero-order valence-electron chi connectivity index (χ0n) is 12.4. The van der Waals surface area contributed by atoms with Crippen molar-refractivity contribution in [3.05, 3.63) is 47.1 Å². The maximum absolute atomic E-state index is 8.78. The summed E-state index contributed by atoms with van der Waals surface area (Å²) in [6.07, 6.45) is 2.34. The Morgan fingerprint density at radius 3 is 2.67 bits per heavy atom. The fourth-order valence-corrected chi connectivity index (χ4v) is 2.09. The Morgan fingerprint density at radius 2 is 2.05 bits per heavy atom. The van der Waals surface area contributed by atoms with E-state index in [9.17, 15) is 0 Å². The van der Waals surface area contributed by atoms with Gasteiger partial charge in [-0.05, 0) is 31.0 Å². The van der Waals surface area contributed by atoms with E-state index >= 15 is 0 Å². The molecule has 1 aromatic heterocycles. The minimum absolute atomic E-state index is 0.0986. The molecule has 1 unspecified atom stereocenters. The molecule has 0 saturated carbocycles. The minimum atomic E-state index is -0.0986. The Balaban J connectivity index is 2.06. The van der Waals surface area contributed by atoms with E-state index in [1.807, 2.05) is 19.1 Å². The molecule has 5 nitrogen and oxygen atoms in total. The van der Waals surface area contributed by atoms with E-state index in [0.29, 0.717) is 30.3 Å². The lowest BCUT2D eigenvalue weighted by atomic mass is 10.1. The van der Waals surface area contributed by atoms with Gasteiger partial charge in [0.15, 0.2) is 0 Å². The summed E-state index contributed by atoms with van der Waals surface area (Å²) in [4.78, 5) is 4.42. The molecular weight excluding hydrogens is 266 g/mol. The normalized spacial score (nSPS) is 12.0. The Hall–Kier alpha value is -2.19. The number of nitrogens with zero attached hydrogens (tertiary/aromatic N) is 3. The molecule has 0 spiro atoms. The topological polar surface area (TPSA) is 71.9 Å². The van der Waals surface area contributed by atoms with Gasteiger partial charge in [0.2, 0.25) is 11.7 Å². The van der Waals surface area contributed by atoms with Gasteiger partial charge in [0.05, 0.1) is 18.1 Å². The molecule has 0 saturated heterocycles. The summed E-state index contributed by atoms with van der Waals surface area (Å²) in [5, 5.41) is 12.8. The van der Waals surface area contributed by atoms with Crippen LogP contribution in [0.1, 0.15) is 55.6 Å². The predicted octanol–water partition coefficient (Wildman–Crippen LogP) is 3.41. The average Bonchev–Trinajstić information content (AvgIpc) is 2.96. The number of benzene rings is 1. The van der Waals surface area contributed by atoms with Crippen LogP contribution in [0.25, 0.3) is 0 Å². The zero-order valence-corrected chi connectivity index (χ0v) is 12.4. The molecule has 5 heteroatoms. The highest BCUT2D eigenvalue weighted by molar-refractivity contribution is 5.32. The van der Waals surface area contributed by atoms with Crippen LogP contribution in [-0.2, 0) is 11.2 Å². The SMILES string of the molecule is CCCC(OCC)c1noc(Cc2ccc(C#N)cc2)n1. The first-order valence-corrected chi connectivity index (χ1v) is 7.20. The third kappa shape index (κ3) is 4.14. The van der Waals surface area contributed by atoms with E-state index in [0.717, 1.165) is 18.4 Å². The van der Waals surface area contributed by atoms with Crippen molar-refractivity contribution in [1.82, 2.24) is 10.1 Å². The summed E-state index contributed by atoms with van der Waals surface area (Å²) in [6.45, 7) is 4.69. The van der Waals surface area contributed by atoms with Crippen LogP contribution in [0.3, 0.4) is 0 Å². The molecule has 110 valence electrons. The fraction of sp³-hybridized carbons (Fsp3) is 0.438. The minimum Gasteiger partial charge on any atom is -0.370 e. The molecule has 1 heterocycles. The summed E-state index contributed by atoms with van der Waals surface area (Å²) in [7, 11) is 0. The van der Waals surface area contributed by atoms with Crippen molar-refractivity contribution >= 4 is 0 Å². The molecule has 0 fully saturated rings. The summed E-state index contributed by atoms with van der Waals surface area (Å²) < 4.78 is 10.9. The first kappa shape index (κ1) is 15.2. The van der Waals surface area contributed by atoms with Crippen LogP contribution >= 0.6 is 0 Å². The van der Waals surface area contributed by atoms with Crippen molar-refractivity contribution in [3.8, 4) is 6.07 Å². The molecule has 2 aromatic rings. The Labute approximate surface area is 124 Å². The van der Waals surface area contributed by atoms with Crippen LogP contribution in [0.4, 0.5) is 0 Å². The van der Waals surface area contributed by atoms with Gasteiger partial charge in [0.25, 0.3) is 0 Å². The van der Waals surface area contributed by atoms with Gasteiger partial charge in [-0.15, -0.1) is 0 Å². The second-order valence-electron chi connectivity index (χ2n) is 4.76. The van der Waals surface area contributed by atoms with E-state index < -0.39 is 0 Å².